The predicted molar refractivity (Wildman–Crippen MR) is 53.9 cm³/mol. The van der Waals surface area contributed by atoms with Crippen LogP contribution in [0.15, 0.2) is 18.2 Å². The van der Waals surface area contributed by atoms with E-state index in [4.69, 9.17) is 4.74 Å². The Labute approximate surface area is 95.2 Å². The Bertz CT molecular complexity index is 429. The SMILES string of the molecule is CC(C)Oc1ccc(C(F)(F)F)cc1[N+](=O)[O-]. The van der Waals surface area contributed by atoms with Crippen LogP contribution in [0.1, 0.15) is 19.4 Å². The van der Waals surface area contributed by atoms with Crippen molar-refractivity contribution in [3.63, 3.8) is 0 Å². The molecule has 0 aliphatic carbocycles. The summed E-state index contributed by atoms with van der Waals surface area (Å²) in [5, 5.41) is 10.6. The molecule has 0 aromatic heterocycles. The zero-order valence-corrected chi connectivity index (χ0v) is 9.12. The van der Waals surface area contributed by atoms with E-state index in [1.54, 1.807) is 13.8 Å². The average Bonchev–Trinajstić information content (AvgIpc) is 2.15. The van der Waals surface area contributed by atoms with Crippen molar-refractivity contribution in [1.82, 2.24) is 0 Å². The molecule has 0 heterocycles. The molecule has 0 saturated carbocycles. The molecular weight excluding hydrogens is 239 g/mol. The first kappa shape index (κ1) is 13.3. The van der Waals surface area contributed by atoms with E-state index in [-0.39, 0.29) is 11.9 Å². The Morgan fingerprint density at radius 3 is 2.35 bits per heavy atom. The average molecular weight is 249 g/mol. The summed E-state index contributed by atoms with van der Waals surface area (Å²) in [4.78, 5) is 9.74. The maximum absolute atomic E-state index is 12.4. The van der Waals surface area contributed by atoms with Gasteiger partial charge in [0.05, 0.1) is 16.6 Å². The van der Waals surface area contributed by atoms with E-state index < -0.39 is 22.4 Å². The van der Waals surface area contributed by atoms with Crippen LogP contribution in [-0.2, 0) is 6.18 Å². The van der Waals surface area contributed by atoms with Crippen molar-refractivity contribution < 1.29 is 22.8 Å². The van der Waals surface area contributed by atoms with Gasteiger partial charge < -0.3 is 4.74 Å². The Morgan fingerprint density at radius 2 is 1.94 bits per heavy atom. The van der Waals surface area contributed by atoms with Crippen LogP contribution >= 0.6 is 0 Å². The number of alkyl halides is 3. The quantitative estimate of drug-likeness (QED) is 0.609. The molecule has 0 fully saturated rings. The fourth-order valence-electron chi connectivity index (χ4n) is 1.19. The molecule has 0 atom stereocenters. The zero-order valence-electron chi connectivity index (χ0n) is 9.12. The molecule has 0 aliphatic heterocycles. The predicted octanol–water partition coefficient (Wildman–Crippen LogP) is 3.40. The van der Waals surface area contributed by atoms with E-state index >= 15 is 0 Å². The van der Waals surface area contributed by atoms with E-state index in [1.807, 2.05) is 0 Å². The summed E-state index contributed by atoms with van der Waals surface area (Å²) in [6, 6.07) is 2.18. The maximum atomic E-state index is 12.4. The Hall–Kier alpha value is -1.79. The van der Waals surface area contributed by atoms with Crippen molar-refractivity contribution in [2.75, 3.05) is 0 Å². The van der Waals surface area contributed by atoms with Gasteiger partial charge in [-0.1, -0.05) is 0 Å². The largest absolute Gasteiger partial charge is 0.484 e. The highest BCUT2D eigenvalue weighted by Crippen LogP contribution is 2.36. The minimum absolute atomic E-state index is 0.169. The van der Waals surface area contributed by atoms with Gasteiger partial charge in [-0.3, -0.25) is 10.1 Å². The number of rotatable bonds is 3. The molecule has 7 heteroatoms. The number of ether oxygens (including phenoxy) is 1. The highest BCUT2D eigenvalue weighted by atomic mass is 19.4. The number of hydrogen-bond acceptors (Lipinski definition) is 3. The molecule has 1 aromatic rings. The zero-order chi connectivity index (χ0) is 13.2. The van der Waals surface area contributed by atoms with E-state index in [0.29, 0.717) is 6.07 Å². The molecule has 94 valence electrons. The first-order chi connectivity index (χ1) is 7.71. The topological polar surface area (TPSA) is 52.4 Å². The van der Waals surface area contributed by atoms with Crippen LogP contribution < -0.4 is 4.74 Å². The monoisotopic (exact) mass is 249 g/mol. The molecule has 0 spiro atoms. The highest BCUT2D eigenvalue weighted by molar-refractivity contribution is 5.49. The molecule has 17 heavy (non-hydrogen) atoms. The Kier molecular flexibility index (Phi) is 3.59. The van der Waals surface area contributed by atoms with Crippen LogP contribution in [0.4, 0.5) is 18.9 Å². The highest BCUT2D eigenvalue weighted by Gasteiger charge is 2.33. The van der Waals surface area contributed by atoms with E-state index in [0.717, 1.165) is 12.1 Å². The second-order valence-electron chi connectivity index (χ2n) is 3.60. The van der Waals surface area contributed by atoms with Crippen molar-refractivity contribution in [3.05, 3.63) is 33.9 Å². The lowest BCUT2D eigenvalue weighted by atomic mass is 10.2. The Morgan fingerprint density at radius 1 is 1.35 bits per heavy atom. The standard InChI is InChI=1S/C10H10F3NO3/c1-6(2)17-9-4-3-7(10(11,12)13)5-8(9)14(15)16/h3-6H,1-2H3. The van der Waals surface area contributed by atoms with E-state index in [9.17, 15) is 23.3 Å². The van der Waals surface area contributed by atoms with Gasteiger partial charge in [-0.2, -0.15) is 13.2 Å². The molecular formula is C10H10F3NO3. The van der Waals surface area contributed by atoms with Gasteiger partial charge in [0.2, 0.25) is 0 Å². The second kappa shape index (κ2) is 4.60. The van der Waals surface area contributed by atoms with Gasteiger partial charge in [-0.25, -0.2) is 0 Å². The maximum Gasteiger partial charge on any atom is 0.416 e. The van der Waals surface area contributed by atoms with Crippen LogP contribution in [0.5, 0.6) is 5.75 Å². The smallest absolute Gasteiger partial charge is 0.416 e. The fourth-order valence-corrected chi connectivity index (χ4v) is 1.19. The van der Waals surface area contributed by atoms with Gasteiger partial charge in [0.15, 0.2) is 5.75 Å². The number of hydrogen-bond donors (Lipinski definition) is 0. The van der Waals surface area contributed by atoms with Crippen LogP contribution in [0.3, 0.4) is 0 Å². The van der Waals surface area contributed by atoms with Gasteiger partial charge in [-0.15, -0.1) is 0 Å². The third-order valence-corrected chi connectivity index (χ3v) is 1.85. The van der Waals surface area contributed by atoms with Crippen molar-refractivity contribution in [2.45, 2.75) is 26.1 Å². The lowest BCUT2D eigenvalue weighted by Crippen LogP contribution is -2.10. The lowest BCUT2D eigenvalue weighted by molar-refractivity contribution is -0.386. The minimum Gasteiger partial charge on any atom is -0.484 e. The van der Waals surface area contributed by atoms with Gasteiger partial charge >= 0.3 is 11.9 Å². The fraction of sp³-hybridized carbons (Fsp3) is 0.400. The van der Waals surface area contributed by atoms with Gasteiger partial charge in [0.1, 0.15) is 0 Å². The molecule has 0 N–H and O–H groups in total. The van der Waals surface area contributed by atoms with Crippen molar-refractivity contribution in [3.8, 4) is 5.75 Å². The van der Waals surface area contributed by atoms with Crippen LogP contribution in [0, 0.1) is 10.1 Å². The molecule has 0 bridgehead atoms. The van der Waals surface area contributed by atoms with Crippen molar-refractivity contribution in [1.29, 1.82) is 0 Å². The molecule has 0 radical (unpaired) electrons. The normalized spacial score (nSPS) is 11.6. The molecule has 0 aliphatic rings. The minimum atomic E-state index is -4.61. The third kappa shape index (κ3) is 3.33. The summed E-state index contributed by atoms with van der Waals surface area (Å²) >= 11 is 0. The summed E-state index contributed by atoms with van der Waals surface area (Å²) in [5.41, 5.74) is -1.76. The van der Waals surface area contributed by atoms with Crippen molar-refractivity contribution >= 4 is 5.69 Å². The molecule has 1 rings (SSSR count). The number of nitro benzene ring substituents is 1. The van der Waals surface area contributed by atoms with Crippen molar-refractivity contribution in [2.24, 2.45) is 0 Å². The first-order valence-corrected chi connectivity index (χ1v) is 4.74. The second-order valence-corrected chi connectivity index (χ2v) is 3.60. The number of nitro groups is 1. The summed E-state index contributed by atoms with van der Waals surface area (Å²) in [5.74, 6) is -0.169. The van der Waals surface area contributed by atoms with Gasteiger partial charge in [-0.05, 0) is 26.0 Å². The van der Waals surface area contributed by atoms with E-state index in [2.05, 4.69) is 0 Å². The molecule has 0 unspecified atom stereocenters. The molecule has 1 aromatic carbocycles. The third-order valence-electron chi connectivity index (χ3n) is 1.85. The molecule has 0 amide bonds. The lowest BCUT2D eigenvalue weighted by Gasteiger charge is -2.12. The summed E-state index contributed by atoms with van der Waals surface area (Å²) in [6.45, 7) is 3.25. The van der Waals surface area contributed by atoms with Gasteiger partial charge in [0.25, 0.3) is 0 Å². The molecule has 4 nitrogen and oxygen atoms in total. The van der Waals surface area contributed by atoms with E-state index in [1.165, 1.54) is 0 Å². The number of halogens is 3. The van der Waals surface area contributed by atoms with Crippen LogP contribution in [-0.4, -0.2) is 11.0 Å². The summed E-state index contributed by atoms with van der Waals surface area (Å²) < 4.78 is 42.2. The first-order valence-electron chi connectivity index (χ1n) is 4.74. The Balaban J connectivity index is 3.22. The van der Waals surface area contributed by atoms with Crippen LogP contribution in [0.2, 0.25) is 0 Å². The summed E-state index contributed by atoms with van der Waals surface area (Å²) in [7, 11) is 0. The van der Waals surface area contributed by atoms with Gasteiger partial charge in [0, 0.05) is 6.07 Å². The number of nitrogens with zero attached hydrogens (tertiary/aromatic N) is 1. The van der Waals surface area contributed by atoms with Crippen LogP contribution in [0.25, 0.3) is 0 Å². The molecule has 0 saturated heterocycles. The number of benzene rings is 1. The summed E-state index contributed by atoms with van der Waals surface area (Å²) in [6.07, 6.45) is -4.97.